The van der Waals surface area contributed by atoms with Crippen LogP contribution in [0.1, 0.15) is 15.9 Å². The van der Waals surface area contributed by atoms with Gasteiger partial charge in [0.15, 0.2) is 5.78 Å². The van der Waals surface area contributed by atoms with Crippen LogP contribution < -0.4 is 0 Å². The monoisotopic (exact) mass is 396 g/mol. The van der Waals surface area contributed by atoms with E-state index in [1.54, 1.807) is 24.3 Å². The highest BCUT2D eigenvalue weighted by molar-refractivity contribution is 9.12. The Kier molecular flexibility index (Phi) is 5.13. The molecule has 0 saturated heterocycles. The summed E-state index contributed by atoms with van der Waals surface area (Å²) in [6, 6.07) is 18.3. The van der Waals surface area contributed by atoms with Crippen molar-refractivity contribution in [3.63, 3.8) is 0 Å². The Morgan fingerprint density at radius 2 is 1.55 bits per heavy atom. The molecule has 104 valence electrons. The molecule has 2 aromatic rings. The van der Waals surface area contributed by atoms with Crippen molar-refractivity contribution in [2.75, 3.05) is 5.33 Å². The molecule has 0 fully saturated rings. The smallest absolute Gasteiger partial charge is 0.193 e. The van der Waals surface area contributed by atoms with Gasteiger partial charge in [0.2, 0.25) is 0 Å². The molecule has 1 N–H and O–H groups in total. The molecule has 0 heterocycles. The van der Waals surface area contributed by atoms with Gasteiger partial charge in [-0.25, -0.2) is 0 Å². The van der Waals surface area contributed by atoms with Gasteiger partial charge in [-0.15, -0.1) is 0 Å². The van der Waals surface area contributed by atoms with E-state index in [9.17, 15) is 9.90 Å². The van der Waals surface area contributed by atoms with Gasteiger partial charge in [0.05, 0.1) is 4.32 Å². The van der Waals surface area contributed by atoms with Gasteiger partial charge < -0.3 is 5.11 Å². The average molecular weight is 398 g/mol. The summed E-state index contributed by atoms with van der Waals surface area (Å²) in [5.74, 6) is -0.300. The van der Waals surface area contributed by atoms with Crippen LogP contribution in [0.3, 0.4) is 0 Å². The van der Waals surface area contributed by atoms with E-state index < -0.39 is 10.4 Å². The van der Waals surface area contributed by atoms with Crippen molar-refractivity contribution in [2.24, 2.45) is 0 Å². The Balaban J connectivity index is 2.34. The molecule has 0 saturated carbocycles. The summed E-state index contributed by atoms with van der Waals surface area (Å²) in [5.41, 5.74) is 1.36. The number of rotatable bonds is 5. The number of benzene rings is 2. The van der Waals surface area contributed by atoms with Crippen LogP contribution in [-0.2, 0) is 4.32 Å². The molecule has 0 aliphatic heterocycles. The minimum absolute atomic E-state index is 0.300. The quantitative estimate of drug-likeness (QED) is 0.613. The zero-order chi connectivity index (χ0) is 14.6. The second-order valence-electron chi connectivity index (χ2n) is 4.49. The molecule has 2 unspecified atom stereocenters. The number of aliphatic hydroxyl groups is 1. The van der Waals surface area contributed by atoms with Gasteiger partial charge in [0, 0.05) is 10.9 Å². The largest absolute Gasteiger partial charge is 0.383 e. The van der Waals surface area contributed by atoms with Crippen molar-refractivity contribution in [1.82, 2.24) is 0 Å². The highest BCUT2D eigenvalue weighted by Crippen LogP contribution is 2.38. The van der Waals surface area contributed by atoms with Crippen LogP contribution in [0.4, 0.5) is 0 Å². The summed E-state index contributed by atoms with van der Waals surface area (Å²) in [6.07, 6.45) is -1.17. The predicted octanol–water partition coefficient (Wildman–Crippen LogP) is 3.92. The molecule has 20 heavy (non-hydrogen) atoms. The average Bonchev–Trinajstić information content (AvgIpc) is 2.54. The van der Waals surface area contributed by atoms with Crippen LogP contribution in [0, 0.1) is 0 Å². The highest BCUT2D eigenvalue weighted by Gasteiger charge is 2.40. The summed E-state index contributed by atoms with van der Waals surface area (Å²) in [7, 11) is 0. The summed E-state index contributed by atoms with van der Waals surface area (Å²) >= 11 is 6.93. The number of aliphatic hydroxyl groups excluding tert-OH is 1. The van der Waals surface area contributed by atoms with Crippen molar-refractivity contribution >= 4 is 37.6 Å². The molecule has 0 aromatic heterocycles. The second kappa shape index (κ2) is 6.66. The van der Waals surface area contributed by atoms with Gasteiger partial charge in [-0.05, 0) is 5.56 Å². The maximum absolute atomic E-state index is 12.4. The first-order valence-corrected chi connectivity index (χ1v) is 8.09. The Morgan fingerprint density at radius 3 is 2.05 bits per heavy atom. The van der Waals surface area contributed by atoms with E-state index in [0.717, 1.165) is 5.56 Å². The topological polar surface area (TPSA) is 37.3 Å². The minimum Gasteiger partial charge on any atom is -0.383 e. The molecule has 0 bridgehead atoms. The Labute approximate surface area is 135 Å². The van der Waals surface area contributed by atoms with Gasteiger partial charge in [0.1, 0.15) is 6.10 Å². The molecular weight excluding hydrogens is 384 g/mol. The van der Waals surface area contributed by atoms with Crippen molar-refractivity contribution < 1.29 is 9.90 Å². The molecule has 0 aliphatic rings. The van der Waals surface area contributed by atoms with Crippen LogP contribution in [0.25, 0.3) is 0 Å². The summed E-state index contributed by atoms with van der Waals surface area (Å²) < 4.78 is -0.846. The lowest BCUT2D eigenvalue weighted by molar-refractivity contribution is 0.0681. The standard InChI is InChI=1S/C16H14Br2O2/c17-11-16(18,13-9-5-2-6-10-13)15(20)14(19)12-7-3-1-4-8-12/h1-10,15,20H,11H2. The van der Waals surface area contributed by atoms with Crippen molar-refractivity contribution in [3.05, 3.63) is 71.8 Å². The minimum atomic E-state index is -1.17. The first-order chi connectivity index (χ1) is 9.59. The van der Waals surface area contributed by atoms with Gasteiger partial charge in [-0.2, -0.15) is 0 Å². The molecule has 2 aromatic carbocycles. The number of carbonyl (C=O) groups excluding carboxylic acids is 1. The molecule has 2 rings (SSSR count). The van der Waals surface area contributed by atoms with E-state index >= 15 is 0 Å². The van der Waals surface area contributed by atoms with Gasteiger partial charge in [0.25, 0.3) is 0 Å². The summed E-state index contributed by atoms with van der Waals surface area (Å²) in [4.78, 5) is 12.4. The van der Waals surface area contributed by atoms with Crippen molar-refractivity contribution in [2.45, 2.75) is 10.4 Å². The number of hydrogen-bond donors (Lipinski definition) is 1. The molecule has 2 atom stereocenters. The van der Waals surface area contributed by atoms with E-state index in [0.29, 0.717) is 10.9 Å². The van der Waals surface area contributed by atoms with Crippen molar-refractivity contribution in [1.29, 1.82) is 0 Å². The SMILES string of the molecule is O=C(c1ccccc1)C(O)C(Br)(CBr)c1ccccc1. The molecular formula is C16H14Br2O2. The van der Waals surface area contributed by atoms with Gasteiger partial charge in [-0.3, -0.25) is 4.79 Å². The fourth-order valence-corrected chi connectivity index (χ4v) is 3.09. The predicted molar refractivity (Wildman–Crippen MR) is 87.6 cm³/mol. The van der Waals surface area contributed by atoms with Crippen LogP contribution in [0.15, 0.2) is 60.7 Å². The fourth-order valence-electron chi connectivity index (χ4n) is 1.99. The first kappa shape index (κ1) is 15.4. The lowest BCUT2D eigenvalue weighted by Gasteiger charge is -2.30. The zero-order valence-electron chi connectivity index (χ0n) is 10.7. The Bertz CT molecular complexity index is 572. The van der Waals surface area contributed by atoms with Crippen LogP contribution >= 0.6 is 31.9 Å². The third kappa shape index (κ3) is 3.03. The van der Waals surface area contributed by atoms with E-state index in [2.05, 4.69) is 31.9 Å². The van der Waals surface area contributed by atoms with E-state index in [4.69, 9.17) is 0 Å². The maximum Gasteiger partial charge on any atom is 0.193 e. The van der Waals surface area contributed by atoms with E-state index in [-0.39, 0.29) is 5.78 Å². The third-order valence-electron chi connectivity index (χ3n) is 3.19. The Morgan fingerprint density at radius 1 is 1.05 bits per heavy atom. The van der Waals surface area contributed by atoms with E-state index in [1.807, 2.05) is 36.4 Å². The number of hydrogen-bond acceptors (Lipinski definition) is 2. The number of halogens is 2. The first-order valence-electron chi connectivity index (χ1n) is 6.17. The number of Topliss-reactive ketones (excluding diaryl/α,β-unsaturated/α-hetero) is 1. The summed E-state index contributed by atoms with van der Waals surface area (Å²) in [6.45, 7) is 0. The van der Waals surface area contributed by atoms with Crippen LogP contribution in [0.2, 0.25) is 0 Å². The van der Waals surface area contributed by atoms with Crippen LogP contribution in [-0.4, -0.2) is 22.3 Å². The number of alkyl halides is 2. The van der Waals surface area contributed by atoms with Crippen LogP contribution in [0.5, 0.6) is 0 Å². The molecule has 0 aliphatic carbocycles. The number of carbonyl (C=O) groups is 1. The van der Waals surface area contributed by atoms with Crippen molar-refractivity contribution in [3.8, 4) is 0 Å². The normalized spacial score (nSPS) is 15.3. The second-order valence-corrected chi connectivity index (χ2v) is 6.47. The Hall–Kier alpha value is -0.970. The lowest BCUT2D eigenvalue weighted by atomic mass is 9.90. The van der Waals surface area contributed by atoms with Gasteiger partial charge >= 0.3 is 0 Å². The maximum atomic E-state index is 12.4. The van der Waals surface area contributed by atoms with Gasteiger partial charge in [-0.1, -0.05) is 92.5 Å². The molecule has 2 nitrogen and oxygen atoms in total. The fraction of sp³-hybridized carbons (Fsp3) is 0.188. The van der Waals surface area contributed by atoms with E-state index in [1.165, 1.54) is 0 Å². The molecule has 0 spiro atoms. The third-order valence-corrected chi connectivity index (χ3v) is 6.00. The lowest BCUT2D eigenvalue weighted by Crippen LogP contribution is -2.41. The zero-order valence-corrected chi connectivity index (χ0v) is 13.8. The highest BCUT2D eigenvalue weighted by atomic mass is 79.9. The molecule has 4 heteroatoms. The number of ketones is 1. The summed E-state index contributed by atoms with van der Waals surface area (Å²) in [5, 5.41) is 10.9. The molecule has 0 amide bonds. The molecule has 0 radical (unpaired) electrons.